The molecule has 21 heavy (non-hydrogen) atoms. The van der Waals surface area contributed by atoms with E-state index < -0.39 is 15.6 Å². The number of sulfonamides is 1. The lowest BCUT2D eigenvalue weighted by atomic mass is 10.1. The molecular weight excluding hydrogens is 356 g/mol. The lowest BCUT2D eigenvalue weighted by Gasteiger charge is -2.24. The minimum Gasteiger partial charge on any atom is -0.295 e. The van der Waals surface area contributed by atoms with Gasteiger partial charge in [-0.25, -0.2) is 13.6 Å². The van der Waals surface area contributed by atoms with E-state index in [0.717, 1.165) is 10.0 Å². The van der Waals surface area contributed by atoms with Gasteiger partial charge in [0.15, 0.2) is 0 Å². The van der Waals surface area contributed by atoms with Gasteiger partial charge in [-0.15, -0.1) is 10.2 Å². The van der Waals surface area contributed by atoms with Crippen LogP contribution in [0.15, 0.2) is 33.9 Å². The predicted molar refractivity (Wildman–Crippen MR) is 83.3 cm³/mol. The van der Waals surface area contributed by atoms with Gasteiger partial charge in [0.1, 0.15) is 5.82 Å². The highest BCUT2D eigenvalue weighted by atomic mass is 79.9. The summed E-state index contributed by atoms with van der Waals surface area (Å²) in [5, 5.41) is 12.8. The molecule has 0 radical (unpaired) electrons. The molecule has 1 aromatic carbocycles. The number of hydrogen-bond acceptors (Lipinski definition) is 4. The van der Waals surface area contributed by atoms with Crippen LogP contribution in [-0.4, -0.2) is 23.2 Å². The molecule has 0 fully saturated rings. The normalized spacial score (nSPS) is 12.6. The van der Waals surface area contributed by atoms with Gasteiger partial charge in [0.05, 0.1) is 0 Å². The van der Waals surface area contributed by atoms with Crippen LogP contribution in [0.5, 0.6) is 0 Å². The quantitative estimate of drug-likeness (QED) is 0.891. The van der Waals surface area contributed by atoms with Gasteiger partial charge in [-0.05, 0) is 38.5 Å². The fourth-order valence-electron chi connectivity index (χ4n) is 2.06. The number of primary sulfonamides is 1. The molecule has 0 spiro atoms. The molecule has 8 heteroatoms. The third-order valence-electron chi connectivity index (χ3n) is 2.90. The molecule has 0 unspecified atom stereocenters. The number of nitrogens with two attached hydrogens (primary N) is 1. The van der Waals surface area contributed by atoms with Crippen molar-refractivity contribution in [2.45, 2.75) is 37.9 Å². The summed E-state index contributed by atoms with van der Waals surface area (Å²) in [6, 6.07) is 7.74. The van der Waals surface area contributed by atoms with Crippen molar-refractivity contribution in [3.63, 3.8) is 0 Å². The Morgan fingerprint density at radius 2 is 1.76 bits per heavy atom. The summed E-state index contributed by atoms with van der Waals surface area (Å²) in [7, 11) is -3.91. The summed E-state index contributed by atoms with van der Waals surface area (Å²) in [5.41, 5.74) is 0.521. The fraction of sp³-hybridized carbons (Fsp3) is 0.385. The van der Waals surface area contributed by atoms with Crippen LogP contribution >= 0.6 is 15.9 Å². The lowest BCUT2D eigenvalue weighted by molar-refractivity contribution is 0.351. The first-order valence-corrected chi connectivity index (χ1v) is 8.65. The highest BCUT2D eigenvalue weighted by Crippen LogP contribution is 2.23. The second kappa shape index (κ2) is 5.51. The van der Waals surface area contributed by atoms with E-state index >= 15 is 0 Å². The molecule has 0 aliphatic carbocycles. The molecule has 2 aromatic rings. The molecule has 2 rings (SSSR count). The van der Waals surface area contributed by atoms with E-state index in [1.54, 1.807) is 4.57 Å². The fourth-order valence-corrected chi connectivity index (χ4v) is 3.11. The number of rotatable bonds is 3. The average Bonchev–Trinajstić information content (AvgIpc) is 2.75. The van der Waals surface area contributed by atoms with E-state index in [2.05, 4.69) is 26.1 Å². The molecule has 1 aromatic heterocycles. The van der Waals surface area contributed by atoms with Crippen LogP contribution in [-0.2, 0) is 22.0 Å². The zero-order valence-corrected chi connectivity index (χ0v) is 14.4. The van der Waals surface area contributed by atoms with Crippen molar-refractivity contribution < 1.29 is 8.42 Å². The van der Waals surface area contributed by atoms with Crippen molar-refractivity contribution in [1.29, 1.82) is 0 Å². The van der Waals surface area contributed by atoms with Gasteiger partial charge in [-0.3, -0.25) is 4.57 Å². The Morgan fingerprint density at radius 3 is 2.24 bits per heavy atom. The standard InChI is InChI=1S/C13H17BrN4O2S/c1-13(2,3)18-11(16-17-12(18)21(15,19)20)8-9-4-6-10(14)7-5-9/h4-7H,8H2,1-3H3,(H2,15,19,20). The Hall–Kier alpha value is -1.25. The van der Waals surface area contributed by atoms with Gasteiger partial charge >= 0.3 is 0 Å². The highest BCUT2D eigenvalue weighted by Gasteiger charge is 2.28. The molecule has 1 heterocycles. The van der Waals surface area contributed by atoms with Gasteiger partial charge in [0, 0.05) is 16.4 Å². The SMILES string of the molecule is CC(C)(C)n1c(Cc2ccc(Br)cc2)nnc1S(N)(=O)=O. The molecule has 114 valence electrons. The van der Waals surface area contributed by atoms with Crippen molar-refractivity contribution >= 4 is 26.0 Å². The number of hydrogen-bond donors (Lipinski definition) is 1. The monoisotopic (exact) mass is 372 g/mol. The minimum absolute atomic E-state index is 0.206. The van der Waals surface area contributed by atoms with Gasteiger partial charge in [-0.2, -0.15) is 0 Å². The Labute approximate surface area is 132 Å². The summed E-state index contributed by atoms with van der Waals surface area (Å²) in [5.74, 6) is 0.564. The van der Waals surface area contributed by atoms with E-state index in [9.17, 15) is 8.42 Å². The van der Waals surface area contributed by atoms with Gasteiger partial charge in [0.25, 0.3) is 15.2 Å². The second-order valence-electron chi connectivity index (χ2n) is 5.75. The first-order valence-electron chi connectivity index (χ1n) is 6.31. The van der Waals surface area contributed by atoms with E-state index in [-0.39, 0.29) is 5.16 Å². The molecule has 0 saturated carbocycles. The Morgan fingerprint density at radius 1 is 1.19 bits per heavy atom. The largest absolute Gasteiger partial charge is 0.295 e. The lowest BCUT2D eigenvalue weighted by Crippen LogP contribution is -2.30. The maximum absolute atomic E-state index is 11.7. The van der Waals surface area contributed by atoms with E-state index in [0.29, 0.717) is 12.2 Å². The first kappa shape index (κ1) is 16.1. The van der Waals surface area contributed by atoms with Gasteiger partial charge in [-0.1, -0.05) is 28.1 Å². The second-order valence-corrected chi connectivity index (χ2v) is 8.12. The van der Waals surface area contributed by atoms with Crippen LogP contribution in [0, 0.1) is 0 Å². The molecular formula is C13H17BrN4O2S. The van der Waals surface area contributed by atoms with Crippen LogP contribution in [0.1, 0.15) is 32.2 Å². The molecule has 0 saturated heterocycles. The highest BCUT2D eigenvalue weighted by molar-refractivity contribution is 9.10. The van der Waals surface area contributed by atoms with Crippen molar-refractivity contribution in [2.24, 2.45) is 5.14 Å². The van der Waals surface area contributed by atoms with E-state index in [4.69, 9.17) is 5.14 Å². The molecule has 2 N–H and O–H groups in total. The molecule has 0 aliphatic rings. The Kier molecular flexibility index (Phi) is 4.23. The summed E-state index contributed by atoms with van der Waals surface area (Å²) in [4.78, 5) is 0. The minimum atomic E-state index is -3.91. The maximum atomic E-state index is 11.7. The molecule has 0 atom stereocenters. The van der Waals surface area contributed by atoms with Crippen LogP contribution in [0.3, 0.4) is 0 Å². The van der Waals surface area contributed by atoms with E-state index in [1.165, 1.54) is 0 Å². The van der Waals surface area contributed by atoms with Crippen molar-refractivity contribution in [1.82, 2.24) is 14.8 Å². The van der Waals surface area contributed by atoms with Gasteiger partial charge in [0.2, 0.25) is 0 Å². The third-order valence-corrected chi connectivity index (χ3v) is 4.20. The zero-order chi connectivity index (χ0) is 15.8. The average molecular weight is 373 g/mol. The van der Waals surface area contributed by atoms with Gasteiger partial charge < -0.3 is 0 Å². The molecule has 0 bridgehead atoms. The smallest absolute Gasteiger partial charge is 0.273 e. The topological polar surface area (TPSA) is 90.9 Å². The molecule has 6 nitrogen and oxygen atoms in total. The maximum Gasteiger partial charge on any atom is 0.273 e. The number of halogens is 1. The van der Waals surface area contributed by atoms with Crippen LogP contribution in [0.25, 0.3) is 0 Å². The summed E-state index contributed by atoms with van der Waals surface area (Å²) < 4.78 is 25.9. The van der Waals surface area contributed by atoms with Crippen LogP contribution < -0.4 is 5.14 Å². The summed E-state index contributed by atoms with van der Waals surface area (Å²) >= 11 is 3.38. The summed E-state index contributed by atoms with van der Waals surface area (Å²) in [6.07, 6.45) is 0.479. The van der Waals surface area contributed by atoms with Crippen LogP contribution in [0.4, 0.5) is 0 Å². The number of aromatic nitrogens is 3. The molecule has 0 amide bonds. The molecule has 0 aliphatic heterocycles. The van der Waals surface area contributed by atoms with Crippen molar-refractivity contribution in [3.05, 3.63) is 40.1 Å². The Bertz CT molecular complexity index is 745. The van der Waals surface area contributed by atoms with Crippen molar-refractivity contribution in [2.75, 3.05) is 0 Å². The first-order chi connectivity index (χ1) is 9.59. The van der Waals surface area contributed by atoms with Crippen LogP contribution in [0.2, 0.25) is 0 Å². The number of nitrogens with zero attached hydrogens (tertiary/aromatic N) is 3. The Balaban J connectivity index is 2.50. The number of benzene rings is 1. The zero-order valence-electron chi connectivity index (χ0n) is 12.0. The predicted octanol–water partition coefficient (Wildman–Crippen LogP) is 2.03. The third kappa shape index (κ3) is 3.69. The van der Waals surface area contributed by atoms with E-state index in [1.807, 2.05) is 45.0 Å². The van der Waals surface area contributed by atoms with Crippen molar-refractivity contribution in [3.8, 4) is 0 Å². The summed E-state index contributed by atoms with van der Waals surface area (Å²) in [6.45, 7) is 5.66.